The Hall–Kier alpha value is -0.843. The molecule has 0 heterocycles. The van der Waals surface area contributed by atoms with E-state index in [1.165, 1.54) is 6.92 Å². The summed E-state index contributed by atoms with van der Waals surface area (Å²) in [7, 11) is 0.524. The fourth-order valence-corrected chi connectivity index (χ4v) is 0. The SMILES string of the molecule is CC(=O)O.CC(=O)O[SiH3]. The van der Waals surface area contributed by atoms with Crippen LogP contribution in [-0.2, 0) is 14.0 Å². The fourth-order valence-electron chi connectivity index (χ4n) is 0. The highest BCUT2D eigenvalue weighted by Crippen LogP contribution is 1.58. The van der Waals surface area contributed by atoms with Gasteiger partial charge in [-0.15, -0.1) is 0 Å². The maximum atomic E-state index is 9.62. The first kappa shape index (κ1) is 11.0. The maximum Gasteiger partial charge on any atom is 0.300 e. The largest absolute Gasteiger partial charge is 0.529 e. The lowest BCUT2D eigenvalue weighted by Gasteiger charge is -1.82. The molecule has 0 radical (unpaired) electrons. The van der Waals surface area contributed by atoms with Gasteiger partial charge in [-0.25, -0.2) is 0 Å². The smallest absolute Gasteiger partial charge is 0.300 e. The molecule has 1 N–H and O–H groups in total. The lowest BCUT2D eigenvalue weighted by molar-refractivity contribution is -0.134. The summed E-state index contributed by atoms with van der Waals surface area (Å²) in [6, 6.07) is 0. The second-order valence-electron chi connectivity index (χ2n) is 1.21. The van der Waals surface area contributed by atoms with Gasteiger partial charge in [0.2, 0.25) is 10.5 Å². The van der Waals surface area contributed by atoms with E-state index in [0.717, 1.165) is 6.92 Å². The quantitative estimate of drug-likeness (QED) is 0.446. The third-order valence-corrected chi connectivity index (χ3v) is 0.862. The van der Waals surface area contributed by atoms with Crippen LogP contribution in [0.3, 0.4) is 0 Å². The van der Waals surface area contributed by atoms with E-state index in [-0.39, 0.29) is 5.97 Å². The number of rotatable bonds is 0. The third kappa shape index (κ3) is 142. The van der Waals surface area contributed by atoms with Crippen LogP contribution in [0.5, 0.6) is 0 Å². The molecule has 0 unspecified atom stereocenters. The van der Waals surface area contributed by atoms with Gasteiger partial charge in [0.25, 0.3) is 11.9 Å². The molecule has 0 aliphatic carbocycles. The Kier molecular flexibility index (Phi) is 8.76. The van der Waals surface area contributed by atoms with Crippen LogP contribution >= 0.6 is 0 Å². The molecular formula is C4H10O4Si. The van der Waals surface area contributed by atoms with Gasteiger partial charge >= 0.3 is 0 Å². The average molecular weight is 150 g/mol. The predicted molar refractivity (Wildman–Crippen MR) is 35.0 cm³/mol. The Morgan fingerprint density at radius 1 is 1.44 bits per heavy atom. The van der Waals surface area contributed by atoms with Crippen LogP contribution in [0.25, 0.3) is 0 Å². The Morgan fingerprint density at radius 2 is 1.56 bits per heavy atom. The van der Waals surface area contributed by atoms with Gasteiger partial charge in [0.05, 0.1) is 0 Å². The summed E-state index contributed by atoms with van der Waals surface area (Å²) in [5.74, 6) is -1.02. The summed E-state index contributed by atoms with van der Waals surface area (Å²) >= 11 is 0. The van der Waals surface area contributed by atoms with Crippen LogP contribution in [0, 0.1) is 0 Å². The van der Waals surface area contributed by atoms with Crippen molar-refractivity contribution in [2.24, 2.45) is 0 Å². The van der Waals surface area contributed by atoms with Crippen molar-refractivity contribution in [1.29, 1.82) is 0 Å². The number of hydrogen-bond donors (Lipinski definition) is 1. The Morgan fingerprint density at radius 3 is 1.56 bits per heavy atom. The van der Waals surface area contributed by atoms with Crippen molar-refractivity contribution in [3.05, 3.63) is 0 Å². The molecule has 54 valence electrons. The van der Waals surface area contributed by atoms with Crippen molar-refractivity contribution >= 4 is 22.4 Å². The number of carbonyl (C=O) groups excluding carboxylic acids is 1. The summed E-state index contributed by atoms with van der Waals surface area (Å²) in [5.41, 5.74) is 0. The second kappa shape index (κ2) is 7.16. The molecule has 4 nitrogen and oxygen atoms in total. The molecule has 0 aromatic carbocycles. The molecule has 0 spiro atoms. The van der Waals surface area contributed by atoms with E-state index >= 15 is 0 Å². The van der Waals surface area contributed by atoms with Gasteiger partial charge in [-0.1, -0.05) is 0 Å². The number of carbonyl (C=O) groups is 2. The molecule has 0 aromatic heterocycles. The van der Waals surface area contributed by atoms with Gasteiger partial charge in [-0.2, -0.15) is 0 Å². The van der Waals surface area contributed by atoms with E-state index in [9.17, 15) is 4.79 Å². The summed E-state index contributed by atoms with van der Waals surface area (Å²) < 4.78 is 4.25. The number of carboxylic acid groups (broad SMARTS) is 1. The zero-order valence-corrected chi connectivity index (χ0v) is 7.67. The van der Waals surface area contributed by atoms with Gasteiger partial charge in [-0.3, -0.25) is 9.59 Å². The van der Waals surface area contributed by atoms with Crippen LogP contribution in [-0.4, -0.2) is 27.5 Å². The predicted octanol–water partition coefficient (Wildman–Crippen LogP) is -1.08. The monoisotopic (exact) mass is 150 g/mol. The van der Waals surface area contributed by atoms with E-state index in [4.69, 9.17) is 9.90 Å². The molecular weight excluding hydrogens is 140 g/mol. The Balaban J connectivity index is 0. The molecule has 0 atom stereocenters. The molecule has 5 heteroatoms. The van der Waals surface area contributed by atoms with Crippen LogP contribution in [0.1, 0.15) is 13.8 Å². The highest BCUT2D eigenvalue weighted by Gasteiger charge is 1.74. The minimum atomic E-state index is -0.833. The highest BCUT2D eigenvalue weighted by molar-refractivity contribution is 6.04. The summed E-state index contributed by atoms with van der Waals surface area (Å²) in [6.45, 7) is 2.48. The molecule has 0 saturated carbocycles. The van der Waals surface area contributed by atoms with Gasteiger partial charge in [-0.05, 0) is 0 Å². The van der Waals surface area contributed by atoms with Crippen LogP contribution < -0.4 is 0 Å². The molecule has 0 bridgehead atoms. The van der Waals surface area contributed by atoms with Gasteiger partial charge in [0.15, 0.2) is 0 Å². The van der Waals surface area contributed by atoms with Crippen molar-refractivity contribution in [3.8, 4) is 0 Å². The fraction of sp³-hybridized carbons (Fsp3) is 0.500. The van der Waals surface area contributed by atoms with E-state index in [1.807, 2.05) is 0 Å². The van der Waals surface area contributed by atoms with Gasteiger partial charge in [0, 0.05) is 13.8 Å². The lowest BCUT2D eigenvalue weighted by atomic mass is 10.9. The zero-order valence-electron chi connectivity index (χ0n) is 5.67. The lowest BCUT2D eigenvalue weighted by Crippen LogP contribution is -1.90. The van der Waals surface area contributed by atoms with Crippen molar-refractivity contribution in [1.82, 2.24) is 0 Å². The number of hydrogen-bond acceptors (Lipinski definition) is 3. The third-order valence-electron chi connectivity index (χ3n) is 0.287. The van der Waals surface area contributed by atoms with Crippen molar-refractivity contribution < 1.29 is 19.1 Å². The normalized spacial score (nSPS) is 6.89. The molecule has 0 fully saturated rings. The highest BCUT2D eigenvalue weighted by atomic mass is 28.2. The Labute approximate surface area is 56.4 Å². The van der Waals surface area contributed by atoms with E-state index in [1.54, 1.807) is 0 Å². The summed E-state index contributed by atoms with van der Waals surface area (Å²) in [6.07, 6.45) is 0. The maximum absolute atomic E-state index is 9.62. The van der Waals surface area contributed by atoms with E-state index in [2.05, 4.69) is 4.43 Å². The standard InChI is InChI=1S/C2H6O2Si.C2H4O2/c1-2(3)4-5;1-2(3)4/h1,5H3;1H3,(H,3,4). The second-order valence-corrected chi connectivity index (χ2v) is 1.62. The molecule has 0 amide bonds. The Bertz CT molecular complexity index is 96.7. The van der Waals surface area contributed by atoms with Gasteiger partial charge in [0.1, 0.15) is 0 Å². The molecule has 9 heavy (non-hydrogen) atoms. The summed E-state index contributed by atoms with van der Waals surface area (Å²) in [5, 5.41) is 7.42. The molecule has 0 rings (SSSR count). The molecule has 0 aromatic rings. The first-order valence-corrected chi connectivity index (χ1v) is 3.06. The molecule has 0 aliphatic heterocycles. The number of aliphatic carboxylic acids is 1. The van der Waals surface area contributed by atoms with Crippen molar-refractivity contribution in [2.75, 3.05) is 0 Å². The average Bonchev–Trinajstić information content (AvgIpc) is 1.65. The van der Waals surface area contributed by atoms with Crippen molar-refractivity contribution in [3.63, 3.8) is 0 Å². The molecule has 0 saturated heterocycles. The molecule has 0 aliphatic rings. The number of carboxylic acids is 1. The van der Waals surface area contributed by atoms with E-state index < -0.39 is 5.97 Å². The van der Waals surface area contributed by atoms with Crippen LogP contribution in [0.2, 0.25) is 0 Å². The van der Waals surface area contributed by atoms with E-state index in [0.29, 0.717) is 10.5 Å². The minimum absolute atomic E-state index is 0.184. The first-order chi connectivity index (χ1) is 4.00. The van der Waals surface area contributed by atoms with Gasteiger partial charge < -0.3 is 9.53 Å². The van der Waals surface area contributed by atoms with Crippen molar-refractivity contribution in [2.45, 2.75) is 13.8 Å². The zero-order chi connectivity index (χ0) is 7.86. The minimum Gasteiger partial charge on any atom is -0.529 e. The van der Waals surface area contributed by atoms with Crippen LogP contribution in [0.15, 0.2) is 0 Å². The topological polar surface area (TPSA) is 63.6 Å². The first-order valence-electron chi connectivity index (χ1n) is 2.24. The summed E-state index contributed by atoms with van der Waals surface area (Å²) in [4.78, 5) is 18.6. The van der Waals surface area contributed by atoms with Crippen LogP contribution in [0.4, 0.5) is 0 Å².